The fraction of sp³-hybridized carbons (Fsp3) is 0.750. The van der Waals surface area contributed by atoms with Crippen LogP contribution in [0.5, 0.6) is 0 Å². The fourth-order valence-corrected chi connectivity index (χ4v) is 1.11. The number of nitrogens with one attached hydrogen (secondary N) is 1. The summed E-state index contributed by atoms with van der Waals surface area (Å²) < 4.78 is 0. The van der Waals surface area contributed by atoms with E-state index in [0.717, 1.165) is 0 Å². The first-order chi connectivity index (χ1) is 4.20. The van der Waals surface area contributed by atoms with Gasteiger partial charge in [0.15, 0.2) is 0 Å². The van der Waals surface area contributed by atoms with E-state index in [1.165, 1.54) is 12.1 Å². The molecule has 1 heterocycles. The first-order valence-corrected chi connectivity index (χ1v) is 3.66. The van der Waals surface area contributed by atoms with Crippen LogP contribution in [0, 0.1) is 5.92 Å². The molecule has 0 amide bonds. The second-order valence-electron chi connectivity index (χ2n) is 3.10. The largest absolute Gasteiger partial charge is 0.386 e. The van der Waals surface area contributed by atoms with Gasteiger partial charge in [-0.3, -0.25) is 0 Å². The SMILES string of the molecule is CC1CC=C(C(C)C)N1. The van der Waals surface area contributed by atoms with Crippen LogP contribution in [0.3, 0.4) is 0 Å². The van der Waals surface area contributed by atoms with E-state index >= 15 is 0 Å². The highest BCUT2D eigenvalue weighted by Crippen LogP contribution is 2.15. The molecule has 0 saturated carbocycles. The number of rotatable bonds is 1. The standard InChI is InChI=1S/C8H15N/c1-6(2)8-5-4-7(3)9-8/h5-7,9H,4H2,1-3H3. The molecule has 52 valence electrons. The monoisotopic (exact) mass is 125 g/mol. The van der Waals surface area contributed by atoms with E-state index in [0.29, 0.717) is 12.0 Å². The Morgan fingerprint density at radius 1 is 1.67 bits per heavy atom. The molecular formula is C8H15N. The highest BCUT2D eigenvalue weighted by atomic mass is 14.9. The van der Waals surface area contributed by atoms with Gasteiger partial charge in [-0.25, -0.2) is 0 Å². The predicted octanol–water partition coefficient (Wildman–Crippen LogP) is 1.91. The first kappa shape index (κ1) is 6.66. The summed E-state index contributed by atoms with van der Waals surface area (Å²) in [5.74, 6) is 0.676. The van der Waals surface area contributed by atoms with E-state index in [-0.39, 0.29) is 0 Å². The van der Waals surface area contributed by atoms with Crippen molar-refractivity contribution >= 4 is 0 Å². The molecule has 0 aromatic carbocycles. The van der Waals surface area contributed by atoms with Crippen LogP contribution in [0.25, 0.3) is 0 Å². The average Bonchev–Trinajstić information content (AvgIpc) is 2.14. The van der Waals surface area contributed by atoms with Gasteiger partial charge in [-0.15, -0.1) is 0 Å². The van der Waals surface area contributed by atoms with Crippen molar-refractivity contribution in [2.45, 2.75) is 33.2 Å². The molecule has 0 spiro atoms. The van der Waals surface area contributed by atoms with E-state index < -0.39 is 0 Å². The van der Waals surface area contributed by atoms with Gasteiger partial charge in [0, 0.05) is 11.7 Å². The molecule has 9 heavy (non-hydrogen) atoms. The minimum atomic E-state index is 0.669. The maximum atomic E-state index is 3.41. The molecule has 0 fully saturated rings. The van der Waals surface area contributed by atoms with Gasteiger partial charge in [-0.05, 0) is 19.3 Å². The van der Waals surface area contributed by atoms with Gasteiger partial charge >= 0.3 is 0 Å². The summed E-state index contributed by atoms with van der Waals surface area (Å²) in [6, 6.07) is 0.669. The maximum absolute atomic E-state index is 3.41. The van der Waals surface area contributed by atoms with Gasteiger partial charge in [-0.1, -0.05) is 19.9 Å². The zero-order valence-electron chi connectivity index (χ0n) is 6.44. The van der Waals surface area contributed by atoms with Crippen molar-refractivity contribution in [1.82, 2.24) is 5.32 Å². The predicted molar refractivity (Wildman–Crippen MR) is 40.1 cm³/mol. The minimum absolute atomic E-state index is 0.669. The van der Waals surface area contributed by atoms with E-state index in [1.807, 2.05) is 0 Å². The van der Waals surface area contributed by atoms with E-state index in [2.05, 4.69) is 32.2 Å². The molecule has 0 saturated heterocycles. The summed E-state index contributed by atoms with van der Waals surface area (Å²) in [6.45, 7) is 6.65. The lowest BCUT2D eigenvalue weighted by Gasteiger charge is -2.10. The van der Waals surface area contributed by atoms with Gasteiger partial charge in [0.1, 0.15) is 0 Å². The third kappa shape index (κ3) is 1.47. The molecule has 0 aromatic rings. The average molecular weight is 125 g/mol. The van der Waals surface area contributed by atoms with Gasteiger partial charge in [0.25, 0.3) is 0 Å². The molecule has 1 rings (SSSR count). The van der Waals surface area contributed by atoms with Crippen molar-refractivity contribution in [3.05, 3.63) is 11.8 Å². The Morgan fingerprint density at radius 2 is 2.33 bits per heavy atom. The van der Waals surface area contributed by atoms with Crippen molar-refractivity contribution in [2.24, 2.45) is 5.92 Å². The summed E-state index contributed by atoms with van der Waals surface area (Å²) in [4.78, 5) is 0. The van der Waals surface area contributed by atoms with Crippen molar-refractivity contribution < 1.29 is 0 Å². The molecule has 0 bridgehead atoms. The molecule has 1 aliphatic rings. The lowest BCUT2D eigenvalue weighted by atomic mass is 10.1. The van der Waals surface area contributed by atoms with E-state index in [9.17, 15) is 0 Å². The lowest BCUT2D eigenvalue weighted by Crippen LogP contribution is -2.20. The molecule has 1 unspecified atom stereocenters. The van der Waals surface area contributed by atoms with Gasteiger partial charge < -0.3 is 5.32 Å². The quantitative estimate of drug-likeness (QED) is 0.564. The molecule has 0 aromatic heterocycles. The number of hydrogen-bond donors (Lipinski definition) is 1. The summed E-state index contributed by atoms with van der Waals surface area (Å²) in [7, 11) is 0. The van der Waals surface area contributed by atoms with Crippen molar-refractivity contribution in [1.29, 1.82) is 0 Å². The maximum Gasteiger partial charge on any atom is 0.0265 e. The molecule has 0 aliphatic carbocycles. The first-order valence-electron chi connectivity index (χ1n) is 3.66. The zero-order chi connectivity index (χ0) is 6.85. The molecule has 1 aliphatic heterocycles. The summed E-state index contributed by atoms with van der Waals surface area (Å²) >= 11 is 0. The van der Waals surface area contributed by atoms with Crippen LogP contribution in [0.4, 0.5) is 0 Å². The molecule has 1 nitrogen and oxygen atoms in total. The Labute approximate surface area is 57.1 Å². The molecular weight excluding hydrogens is 110 g/mol. The highest BCUT2D eigenvalue weighted by molar-refractivity contribution is 5.10. The number of allylic oxidation sites excluding steroid dienone is 1. The van der Waals surface area contributed by atoms with E-state index in [4.69, 9.17) is 0 Å². The zero-order valence-corrected chi connectivity index (χ0v) is 6.44. The summed E-state index contributed by atoms with van der Waals surface area (Å²) in [5, 5.41) is 3.41. The Morgan fingerprint density at radius 3 is 2.56 bits per heavy atom. The lowest BCUT2D eigenvalue weighted by molar-refractivity contribution is 0.610. The van der Waals surface area contributed by atoms with Crippen LogP contribution in [0.15, 0.2) is 11.8 Å². The normalized spacial score (nSPS) is 26.2. The van der Waals surface area contributed by atoms with Crippen molar-refractivity contribution in [2.75, 3.05) is 0 Å². The van der Waals surface area contributed by atoms with Crippen LogP contribution in [-0.4, -0.2) is 6.04 Å². The smallest absolute Gasteiger partial charge is 0.0265 e. The summed E-state index contributed by atoms with van der Waals surface area (Å²) in [5.41, 5.74) is 1.42. The third-order valence-electron chi connectivity index (χ3n) is 1.73. The molecule has 1 heteroatoms. The Kier molecular flexibility index (Phi) is 1.79. The van der Waals surface area contributed by atoms with Gasteiger partial charge in [0.2, 0.25) is 0 Å². The van der Waals surface area contributed by atoms with Gasteiger partial charge in [-0.2, -0.15) is 0 Å². The second-order valence-corrected chi connectivity index (χ2v) is 3.10. The van der Waals surface area contributed by atoms with Crippen LogP contribution < -0.4 is 5.32 Å². The molecule has 1 atom stereocenters. The Hall–Kier alpha value is -0.460. The fourth-order valence-electron chi connectivity index (χ4n) is 1.11. The minimum Gasteiger partial charge on any atom is -0.386 e. The van der Waals surface area contributed by atoms with Crippen molar-refractivity contribution in [3.8, 4) is 0 Å². The third-order valence-corrected chi connectivity index (χ3v) is 1.73. The van der Waals surface area contributed by atoms with Crippen molar-refractivity contribution in [3.63, 3.8) is 0 Å². The molecule has 1 N–H and O–H groups in total. The van der Waals surface area contributed by atoms with Crippen LogP contribution in [0.2, 0.25) is 0 Å². The highest BCUT2D eigenvalue weighted by Gasteiger charge is 2.12. The van der Waals surface area contributed by atoms with Crippen LogP contribution >= 0.6 is 0 Å². The topological polar surface area (TPSA) is 12.0 Å². The Bertz CT molecular complexity index is 125. The second kappa shape index (κ2) is 2.42. The summed E-state index contributed by atoms with van der Waals surface area (Å²) in [6.07, 6.45) is 3.50. The number of hydrogen-bond acceptors (Lipinski definition) is 1. The molecule has 0 radical (unpaired) electrons. The van der Waals surface area contributed by atoms with Crippen LogP contribution in [0.1, 0.15) is 27.2 Å². The Balaban J connectivity index is 2.45. The van der Waals surface area contributed by atoms with Gasteiger partial charge in [0.05, 0.1) is 0 Å². The van der Waals surface area contributed by atoms with Crippen LogP contribution in [-0.2, 0) is 0 Å². The van der Waals surface area contributed by atoms with E-state index in [1.54, 1.807) is 0 Å².